The number of carbonyl (C=O) groups is 1. The van der Waals surface area contributed by atoms with E-state index in [1.165, 1.54) is 6.33 Å². The number of carbonyl (C=O) groups excluding carboxylic acids is 1. The summed E-state index contributed by atoms with van der Waals surface area (Å²) in [6.45, 7) is 2.35. The van der Waals surface area contributed by atoms with Crippen molar-refractivity contribution in [1.29, 1.82) is 0 Å². The minimum absolute atomic E-state index is 0.107. The molecule has 1 aliphatic heterocycles. The molecule has 3 heterocycles. The van der Waals surface area contributed by atoms with Crippen LogP contribution in [0.5, 0.6) is 11.5 Å². The number of fused-ring (bicyclic) bond motifs is 2. The number of rotatable bonds is 7. The third-order valence-corrected chi connectivity index (χ3v) is 8.05. The lowest BCUT2D eigenvalue weighted by atomic mass is 9.89. The molecule has 9 heteroatoms. The lowest BCUT2D eigenvalue weighted by molar-refractivity contribution is -0.128. The summed E-state index contributed by atoms with van der Waals surface area (Å²) in [7, 11) is 3.99. The Morgan fingerprint density at radius 2 is 1.80 bits per heavy atom. The number of benzene rings is 2. The van der Waals surface area contributed by atoms with Crippen molar-refractivity contribution in [3.63, 3.8) is 0 Å². The molecule has 206 valence electrons. The van der Waals surface area contributed by atoms with Crippen molar-refractivity contribution >= 4 is 22.8 Å². The number of ether oxygens (including phenoxy) is 1. The molecule has 2 aromatic heterocycles. The van der Waals surface area contributed by atoms with E-state index in [1.54, 1.807) is 6.08 Å². The second kappa shape index (κ2) is 11.1. The van der Waals surface area contributed by atoms with Gasteiger partial charge in [-0.3, -0.25) is 4.79 Å². The van der Waals surface area contributed by atoms with Crippen LogP contribution in [0.4, 0.5) is 5.82 Å². The number of likely N-dealkylation sites (tertiary alicyclic amines) is 1. The van der Waals surface area contributed by atoms with Crippen LogP contribution in [0.25, 0.3) is 22.3 Å². The van der Waals surface area contributed by atoms with E-state index in [1.807, 2.05) is 84.6 Å². The molecule has 2 fully saturated rings. The largest absolute Gasteiger partial charge is 0.457 e. The number of amides is 1. The van der Waals surface area contributed by atoms with Crippen LogP contribution in [0.2, 0.25) is 0 Å². The molecule has 2 aliphatic rings. The molecule has 3 unspecified atom stereocenters. The number of nitrogens with zero attached hydrogens (tertiary/aromatic N) is 6. The van der Waals surface area contributed by atoms with E-state index < -0.39 is 0 Å². The smallest absolute Gasteiger partial charge is 0.246 e. The summed E-state index contributed by atoms with van der Waals surface area (Å²) >= 11 is 0. The van der Waals surface area contributed by atoms with Crippen LogP contribution in [-0.4, -0.2) is 69.2 Å². The standard InChI is InChI=1S/C31H35N7O2/c1-36(2)15-6-9-27(39)37-16-14-22-17-24(18-23(22)19-37)38-31-28(30(32)33-20-34-31)29(35-38)21-10-12-26(13-11-21)40-25-7-4-3-5-8-25/h3-13,20,22-24H,14-19H2,1-2H3,(H2,32,33,34)/b9-6+. The first kappa shape index (κ1) is 26.0. The first-order chi connectivity index (χ1) is 19.5. The normalized spacial score (nSPS) is 20.9. The van der Waals surface area contributed by atoms with Gasteiger partial charge in [0.15, 0.2) is 5.65 Å². The molecule has 1 amide bonds. The number of anilines is 1. The first-order valence-corrected chi connectivity index (χ1v) is 13.9. The fourth-order valence-electron chi connectivity index (χ4n) is 6.08. The number of hydrogen-bond acceptors (Lipinski definition) is 7. The van der Waals surface area contributed by atoms with Crippen LogP contribution in [-0.2, 0) is 4.79 Å². The molecule has 0 bridgehead atoms. The Labute approximate surface area is 234 Å². The third kappa shape index (κ3) is 5.29. The molecular formula is C31H35N7O2. The van der Waals surface area contributed by atoms with Gasteiger partial charge >= 0.3 is 0 Å². The second-order valence-electron chi connectivity index (χ2n) is 11.1. The van der Waals surface area contributed by atoms with Gasteiger partial charge in [0, 0.05) is 31.3 Å². The van der Waals surface area contributed by atoms with Gasteiger partial charge in [0.1, 0.15) is 29.3 Å². The highest BCUT2D eigenvalue weighted by Gasteiger charge is 2.40. The Kier molecular flexibility index (Phi) is 7.21. The maximum Gasteiger partial charge on any atom is 0.246 e. The van der Waals surface area contributed by atoms with Crippen molar-refractivity contribution < 1.29 is 9.53 Å². The summed E-state index contributed by atoms with van der Waals surface area (Å²) in [5.74, 6) is 3.08. The Balaban J connectivity index is 1.22. The van der Waals surface area contributed by atoms with Crippen molar-refractivity contribution in [3.05, 3.63) is 73.1 Å². The number of aromatic nitrogens is 4. The molecular weight excluding hydrogens is 502 g/mol. The molecule has 2 N–H and O–H groups in total. The highest BCUT2D eigenvalue weighted by atomic mass is 16.5. The predicted octanol–water partition coefficient (Wildman–Crippen LogP) is 4.79. The van der Waals surface area contributed by atoms with Crippen LogP contribution < -0.4 is 10.5 Å². The van der Waals surface area contributed by atoms with E-state index in [2.05, 4.69) is 14.6 Å². The molecule has 1 aliphatic carbocycles. The first-order valence-electron chi connectivity index (χ1n) is 13.9. The van der Waals surface area contributed by atoms with Gasteiger partial charge in [-0.1, -0.05) is 24.3 Å². The van der Waals surface area contributed by atoms with Crippen LogP contribution in [0.3, 0.4) is 0 Å². The van der Waals surface area contributed by atoms with Gasteiger partial charge in [0.2, 0.25) is 5.91 Å². The number of nitrogens with two attached hydrogens (primary N) is 1. The van der Waals surface area contributed by atoms with Gasteiger partial charge < -0.3 is 20.3 Å². The Bertz CT molecular complexity index is 1510. The monoisotopic (exact) mass is 537 g/mol. The van der Waals surface area contributed by atoms with Gasteiger partial charge in [-0.2, -0.15) is 5.10 Å². The maximum absolute atomic E-state index is 12.8. The van der Waals surface area contributed by atoms with Crippen molar-refractivity contribution in [3.8, 4) is 22.8 Å². The molecule has 4 aromatic rings. The van der Waals surface area contributed by atoms with Gasteiger partial charge in [-0.15, -0.1) is 0 Å². The fourth-order valence-corrected chi connectivity index (χ4v) is 6.08. The number of likely N-dealkylation sites (N-methyl/N-ethyl adjacent to an activating group) is 1. The van der Waals surface area contributed by atoms with Gasteiger partial charge in [0.05, 0.1) is 11.4 Å². The third-order valence-electron chi connectivity index (χ3n) is 8.05. The molecule has 40 heavy (non-hydrogen) atoms. The lowest BCUT2D eigenvalue weighted by Crippen LogP contribution is -2.41. The van der Waals surface area contributed by atoms with E-state index in [9.17, 15) is 4.79 Å². The zero-order chi connectivity index (χ0) is 27.6. The number of hydrogen-bond donors (Lipinski definition) is 1. The Morgan fingerprint density at radius 3 is 2.58 bits per heavy atom. The molecule has 6 rings (SSSR count). The van der Waals surface area contributed by atoms with Crippen molar-refractivity contribution in [2.45, 2.75) is 25.3 Å². The Morgan fingerprint density at radius 1 is 1.05 bits per heavy atom. The summed E-state index contributed by atoms with van der Waals surface area (Å²) in [6.07, 6.45) is 8.16. The number of para-hydroxylation sites is 1. The quantitative estimate of drug-likeness (QED) is 0.338. The van der Waals surface area contributed by atoms with E-state index in [4.69, 9.17) is 15.6 Å². The van der Waals surface area contributed by atoms with E-state index in [0.717, 1.165) is 72.7 Å². The van der Waals surface area contributed by atoms with Crippen LogP contribution >= 0.6 is 0 Å². The molecule has 3 atom stereocenters. The average molecular weight is 538 g/mol. The zero-order valence-electron chi connectivity index (χ0n) is 23.0. The van der Waals surface area contributed by atoms with Crippen molar-refractivity contribution in [2.24, 2.45) is 11.8 Å². The maximum atomic E-state index is 12.8. The summed E-state index contributed by atoms with van der Waals surface area (Å²) in [4.78, 5) is 25.7. The highest BCUT2D eigenvalue weighted by Crippen LogP contribution is 2.45. The topological polar surface area (TPSA) is 102 Å². The summed E-state index contributed by atoms with van der Waals surface area (Å²) < 4.78 is 8.02. The lowest BCUT2D eigenvalue weighted by Gasteiger charge is -2.34. The summed E-state index contributed by atoms with van der Waals surface area (Å²) in [5.41, 5.74) is 8.85. The van der Waals surface area contributed by atoms with E-state index in [0.29, 0.717) is 17.7 Å². The predicted molar refractivity (Wildman–Crippen MR) is 156 cm³/mol. The van der Waals surface area contributed by atoms with Gasteiger partial charge in [-0.05, 0) is 81.6 Å². The molecule has 1 saturated carbocycles. The van der Waals surface area contributed by atoms with Crippen molar-refractivity contribution in [2.75, 3.05) is 39.5 Å². The van der Waals surface area contributed by atoms with Crippen LogP contribution in [0, 0.1) is 11.8 Å². The minimum Gasteiger partial charge on any atom is -0.457 e. The number of piperidine rings is 1. The SMILES string of the molecule is CN(C)C/C=C/C(=O)N1CCC2CC(n3nc(-c4ccc(Oc5ccccc5)cc4)c4c(N)ncnc43)CC2C1. The fraction of sp³-hybridized carbons (Fsp3) is 0.355. The molecule has 2 aromatic carbocycles. The molecule has 0 radical (unpaired) electrons. The summed E-state index contributed by atoms with van der Waals surface area (Å²) in [5, 5.41) is 5.86. The van der Waals surface area contributed by atoms with Gasteiger partial charge in [-0.25, -0.2) is 14.6 Å². The number of nitrogen functional groups attached to an aromatic ring is 1. The van der Waals surface area contributed by atoms with E-state index in [-0.39, 0.29) is 11.9 Å². The Hall–Kier alpha value is -4.24. The van der Waals surface area contributed by atoms with Crippen LogP contribution in [0.1, 0.15) is 25.3 Å². The second-order valence-corrected chi connectivity index (χ2v) is 11.1. The van der Waals surface area contributed by atoms with E-state index >= 15 is 0 Å². The van der Waals surface area contributed by atoms with Gasteiger partial charge in [0.25, 0.3) is 0 Å². The van der Waals surface area contributed by atoms with Crippen molar-refractivity contribution in [1.82, 2.24) is 29.5 Å². The molecule has 0 spiro atoms. The molecule has 1 saturated heterocycles. The van der Waals surface area contributed by atoms with Crippen LogP contribution in [0.15, 0.2) is 73.1 Å². The average Bonchev–Trinajstić information content (AvgIpc) is 3.56. The highest BCUT2D eigenvalue weighted by molar-refractivity contribution is 5.98. The summed E-state index contributed by atoms with van der Waals surface area (Å²) in [6, 6.07) is 17.8. The zero-order valence-corrected chi connectivity index (χ0v) is 23.0. The minimum atomic E-state index is 0.107. The molecule has 9 nitrogen and oxygen atoms in total.